The third kappa shape index (κ3) is 5.69. The summed E-state index contributed by atoms with van der Waals surface area (Å²) in [6.07, 6.45) is 4.32. The average Bonchev–Trinajstić information content (AvgIpc) is 3.46. The molecule has 1 aliphatic heterocycles. The van der Waals surface area contributed by atoms with Gasteiger partial charge < -0.3 is 20.1 Å². The first-order chi connectivity index (χ1) is 17.0. The maximum absolute atomic E-state index is 13.5. The summed E-state index contributed by atoms with van der Waals surface area (Å²) in [6, 6.07) is 7.17. The number of ether oxygens (including phenoxy) is 1. The highest BCUT2D eigenvalue weighted by molar-refractivity contribution is 8.93. The Morgan fingerprint density at radius 3 is 2.43 bits per heavy atom. The van der Waals surface area contributed by atoms with Crippen molar-refractivity contribution >= 4 is 34.5 Å². The number of phenolic OH excluding ortho intramolecular Hbond substituents is 1. The second-order valence-corrected chi connectivity index (χ2v) is 10.8. The second-order valence-electron chi connectivity index (χ2n) is 10.8. The van der Waals surface area contributed by atoms with Crippen molar-refractivity contribution in [1.29, 1.82) is 5.41 Å². The lowest BCUT2D eigenvalue weighted by Gasteiger charge is -2.25. The zero-order chi connectivity index (χ0) is 26.2. The van der Waals surface area contributed by atoms with E-state index in [-0.39, 0.29) is 52.4 Å². The average molecular weight is 573 g/mol. The maximum atomic E-state index is 13.5. The van der Waals surface area contributed by atoms with Gasteiger partial charge in [-0.05, 0) is 66.5 Å². The van der Waals surface area contributed by atoms with Gasteiger partial charge in [-0.2, -0.15) is 0 Å². The van der Waals surface area contributed by atoms with Crippen molar-refractivity contribution in [2.75, 3.05) is 20.2 Å². The maximum Gasteiger partial charge on any atom is 0.254 e. The van der Waals surface area contributed by atoms with E-state index in [1.165, 1.54) is 0 Å². The predicted molar refractivity (Wildman–Crippen MR) is 151 cm³/mol. The van der Waals surface area contributed by atoms with E-state index >= 15 is 0 Å². The lowest BCUT2D eigenvalue weighted by atomic mass is 9.81. The Kier molecular flexibility index (Phi) is 8.73. The second kappa shape index (κ2) is 11.3. The van der Waals surface area contributed by atoms with Gasteiger partial charge in [0.15, 0.2) is 5.78 Å². The van der Waals surface area contributed by atoms with Crippen LogP contribution < -0.4 is 10.1 Å². The fourth-order valence-corrected chi connectivity index (χ4v) is 5.35. The molecule has 2 aromatic rings. The molecule has 1 fully saturated rings. The Morgan fingerprint density at radius 1 is 1.16 bits per heavy atom. The number of ketones is 1. The van der Waals surface area contributed by atoms with E-state index in [1.807, 2.05) is 39.8 Å². The topological polar surface area (TPSA) is 103 Å². The zero-order valence-corrected chi connectivity index (χ0v) is 24.1. The number of nitrogens with zero attached hydrogens (tertiary/aromatic N) is 1. The molecular formula is C29H38BrN3O4. The number of aromatic hydroxyl groups is 1. The zero-order valence-electron chi connectivity index (χ0n) is 22.4. The molecule has 37 heavy (non-hydrogen) atoms. The van der Waals surface area contributed by atoms with Gasteiger partial charge in [-0.15, -0.1) is 17.0 Å². The largest absolute Gasteiger partial charge is 0.507 e. The SMILES string of the molecule is Br.CCOc1cc2c(cc1C(=O)NC)C(=N)N(CC(=O)c1cc(C3CCCC3)c(O)c(C(C)(C)C)c1)C2. The molecule has 200 valence electrons. The van der Waals surface area contributed by atoms with Crippen LogP contribution in [0, 0.1) is 5.41 Å². The van der Waals surface area contributed by atoms with E-state index in [9.17, 15) is 14.7 Å². The van der Waals surface area contributed by atoms with Gasteiger partial charge >= 0.3 is 0 Å². The number of phenols is 1. The Labute approximate surface area is 229 Å². The predicted octanol–water partition coefficient (Wildman–Crippen LogP) is 5.71. The van der Waals surface area contributed by atoms with Gasteiger partial charge in [0.05, 0.1) is 18.7 Å². The van der Waals surface area contributed by atoms with Gasteiger partial charge in [0, 0.05) is 30.3 Å². The summed E-state index contributed by atoms with van der Waals surface area (Å²) in [5, 5.41) is 22.4. The molecule has 8 heteroatoms. The number of carbonyl (C=O) groups is 2. The first kappa shape index (κ1) is 28.7. The third-order valence-electron chi connectivity index (χ3n) is 7.31. The van der Waals surface area contributed by atoms with Crippen LogP contribution in [-0.4, -0.2) is 47.7 Å². The molecule has 2 aliphatic rings. The minimum Gasteiger partial charge on any atom is -0.507 e. The number of Topliss-reactive ketones (excluding diaryl/α,β-unsaturated/α-hetero) is 1. The Morgan fingerprint density at radius 2 is 1.84 bits per heavy atom. The van der Waals surface area contributed by atoms with Gasteiger partial charge in [-0.3, -0.25) is 15.0 Å². The summed E-state index contributed by atoms with van der Waals surface area (Å²) in [5.74, 6) is 0.921. The number of hydrogen-bond donors (Lipinski definition) is 3. The van der Waals surface area contributed by atoms with Crippen molar-refractivity contribution < 1.29 is 19.4 Å². The van der Waals surface area contributed by atoms with Crippen LogP contribution in [0.4, 0.5) is 0 Å². The Balaban J connectivity index is 0.00000380. The van der Waals surface area contributed by atoms with Gasteiger partial charge in [0.25, 0.3) is 5.91 Å². The van der Waals surface area contributed by atoms with E-state index in [1.54, 1.807) is 24.1 Å². The van der Waals surface area contributed by atoms with Crippen LogP contribution >= 0.6 is 17.0 Å². The molecule has 7 nitrogen and oxygen atoms in total. The van der Waals surface area contributed by atoms with E-state index in [0.717, 1.165) is 42.4 Å². The smallest absolute Gasteiger partial charge is 0.254 e. The molecule has 2 aromatic carbocycles. The molecule has 0 unspecified atom stereocenters. The van der Waals surface area contributed by atoms with E-state index < -0.39 is 0 Å². The number of rotatable bonds is 7. The molecule has 0 spiro atoms. The summed E-state index contributed by atoms with van der Waals surface area (Å²) in [5.41, 5.74) is 3.80. The fourth-order valence-electron chi connectivity index (χ4n) is 5.35. The van der Waals surface area contributed by atoms with Gasteiger partial charge in [0.1, 0.15) is 17.3 Å². The van der Waals surface area contributed by atoms with Crippen molar-refractivity contribution in [2.24, 2.45) is 0 Å². The van der Waals surface area contributed by atoms with Crippen LogP contribution in [0.25, 0.3) is 0 Å². The Hall–Kier alpha value is -2.87. The molecule has 0 radical (unpaired) electrons. The minimum absolute atomic E-state index is 0. The van der Waals surface area contributed by atoms with E-state index in [2.05, 4.69) is 5.32 Å². The van der Waals surface area contributed by atoms with Gasteiger partial charge in [0.2, 0.25) is 0 Å². The number of hydrogen-bond acceptors (Lipinski definition) is 5. The molecule has 4 rings (SSSR count). The summed E-state index contributed by atoms with van der Waals surface area (Å²) in [7, 11) is 1.56. The van der Waals surface area contributed by atoms with Gasteiger partial charge in [-0.25, -0.2) is 0 Å². The molecule has 0 atom stereocenters. The highest BCUT2D eigenvalue weighted by atomic mass is 79.9. The standard InChI is InChI=1S/C29H37N3O4.BrH/c1-6-36-25-13-19-15-32(27(30)21(19)14-22(25)28(35)31-5)16-24(33)18-11-20(17-9-7-8-10-17)26(34)23(12-18)29(2,3)4;/h11-14,17,30,34H,6-10,15-16H2,1-5H3,(H,31,35);1H. The number of benzene rings is 2. The van der Waals surface area contributed by atoms with Crippen LogP contribution in [0.2, 0.25) is 0 Å². The monoisotopic (exact) mass is 571 g/mol. The number of halogens is 1. The third-order valence-corrected chi connectivity index (χ3v) is 7.31. The van der Waals surface area contributed by atoms with E-state index in [4.69, 9.17) is 10.1 Å². The summed E-state index contributed by atoms with van der Waals surface area (Å²) in [6.45, 7) is 8.85. The molecule has 0 aromatic heterocycles. The summed E-state index contributed by atoms with van der Waals surface area (Å²) >= 11 is 0. The molecule has 1 aliphatic carbocycles. The fraction of sp³-hybridized carbons (Fsp3) is 0.483. The number of amides is 1. The minimum atomic E-state index is -0.309. The first-order valence-electron chi connectivity index (χ1n) is 12.8. The highest BCUT2D eigenvalue weighted by Gasteiger charge is 2.31. The lowest BCUT2D eigenvalue weighted by Crippen LogP contribution is -2.30. The van der Waals surface area contributed by atoms with E-state index in [0.29, 0.717) is 41.3 Å². The van der Waals surface area contributed by atoms with Crippen molar-refractivity contribution in [3.63, 3.8) is 0 Å². The van der Waals surface area contributed by atoms with Crippen LogP contribution in [0.3, 0.4) is 0 Å². The quantitative estimate of drug-likeness (QED) is 0.369. The number of nitrogens with one attached hydrogen (secondary N) is 2. The van der Waals surface area contributed by atoms with Gasteiger partial charge in [-0.1, -0.05) is 33.6 Å². The molecule has 1 saturated carbocycles. The highest BCUT2D eigenvalue weighted by Crippen LogP contribution is 2.43. The van der Waals surface area contributed by atoms with Crippen molar-refractivity contribution in [3.8, 4) is 11.5 Å². The molecule has 3 N–H and O–H groups in total. The van der Waals surface area contributed by atoms with Crippen LogP contribution in [0.15, 0.2) is 24.3 Å². The summed E-state index contributed by atoms with van der Waals surface area (Å²) in [4.78, 5) is 27.7. The van der Waals surface area contributed by atoms with Crippen LogP contribution in [0.1, 0.15) is 102 Å². The van der Waals surface area contributed by atoms with Crippen LogP contribution in [0.5, 0.6) is 11.5 Å². The molecule has 1 amide bonds. The summed E-state index contributed by atoms with van der Waals surface area (Å²) < 4.78 is 5.68. The van der Waals surface area contributed by atoms with Crippen molar-refractivity contribution in [1.82, 2.24) is 10.2 Å². The van der Waals surface area contributed by atoms with Crippen LogP contribution in [-0.2, 0) is 12.0 Å². The van der Waals surface area contributed by atoms with Crippen molar-refractivity contribution in [2.45, 2.75) is 71.3 Å². The first-order valence-corrected chi connectivity index (χ1v) is 12.8. The van der Waals surface area contributed by atoms with Crippen molar-refractivity contribution in [3.05, 3.63) is 57.6 Å². The number of carbonyl (C=O) groups excluding carboxylic acids is 2. The molecule has 1 heterocycles. The number of fused-ring (bicyclic) bond motifs is 1. The number of amidine groups is 1. The normalized spacial score (nSPS) is 15.4. The molecule has 0 saturated heterocycles. The molecular weight excluding hydrogens is 534 g/mol. The molecule has 0 bridgehead atoms. The Bertz CT molecular complexity index is 1210. The lowest BCUT2D eigenvalue weighted by molar-refractivity contribution is 0.0953.